The third kappa shape index (κ3) is 2.85. The van der Waals surface area contributed by atoms with E-state index in [0.717, 1.165) is 11.1 Å². The topological polar surface area (TPSA) is 42.4 Å². The Kier molecular flexibility index (Phi) is 3.80. The number of hydrogen-bond donors (Lipinski definition) is 0. The van der Waals surface area contributed by atoms with Crippen molar-refractivity contribution in [3.63, 3.8) is 0 Å². The average molecular weight is 303 g/mol. The van der Waals surface area contributed by atoms with Crippen molar-refractivity contribution < 1.29 is 9.53 Å². The van der Waals surface area contributed by atoms with Crippen molar-refractivity contribution >= 4 is 17.5 Å². The molecule has 3 rings (SSSR count). The van der Waals surface area contributed by atoms with Gasteiger partial charge in [-0.3, -0.25) is 4.79 Å². The molecule has 0 aliphatic carbocycles. The lowest BCUT2D eigenvalue weighted by Gasteiger charge is -2.20. The van der Waals surface area contributed by atoms with E-state index in [0.29, 0.717) is 24.1 Å². The monoisotopic (exact) mass is 302 g/mol. The van der Waals surface area contributed by atoms with Gasteiger partial charge in [-0.25, -0.2) is 4.98 Å². The van der Waals surface area contributed by atoms with Crippen molar-refractivity contribution in [2.75, 3.05) is 13.7 Å². The number of fused-ring (bicyclic) bond motifs is 1. The summed E-state index contributed by atoms with van der Waals surface area (Å²) in [6, 6.07) is 11.2. The van der Waals surface area contributed by atoms with Crippen LogP contribution in [0.3, 0.4) is 0 Å². The molecule has 0 saturated heterocycles. The van der Waals surface area contributed by atoms with Crippen LogP contribution in [-0.2, 0) is 11.3 Å². The van der Waals surface area contributed by atoms with Gasteiger partial charge in [0.05, 0.1) is 0 Å². The highest BCUT2D eigenvalue weighted by Gasteiger charge is 2.32. The molecule has 1 aliphatic heterocycles. The SMILES string of the molecule is CN(Cc1ccc(Cl)cc1)C(=O)C1COc2ncccc21. The molecule has 2 aromatic rings. The van der Waals surface area contributed by atoms with E-state index in [2.05, 4.69) is 4.98 Å². The molecule has 0 bridgehead atoms. The summed E-state index contributed by atoms with van der Waals surface area (Å²) in [6.45, 7) is 0.901. The van der Waals surface area contributed by atoms with Crippen molar-refractivity contribution in [3.8, 4) is 5.88 Å². The van der Waals surface area contributed by atoms with E-state index in [1.165, 1.54) is 0 Å². The van der Waals surface area contributed by atoms with Gasteiger partial charge in [-0.1, -0.05) is 29.8 Å². The van der Waals surface area contributed by atoms with E-state index in [1.807, 2.05) is 36.4 Å². The van der Waals surface area contributed by atoms with Gasteiger partial charge in [-0.2, -0.15) is 0 Å². The predicted octanol–water partition coefficient (Wildman–Crippen LogP) is 2.87. The number of halogens is 1. The van der Waals surface area contributed by atoms with Crippen LogP contribution in [0.5, 0.6) is 5.88 Å². The number of ether oxygens (including phenoxy) is 1. The highest BCUT2D eigenvalue weighted by molar-refractivity contribution is 6.30. The Bertz CT molecular complexity index is 658. The molecule has 108 valence electrons. The molecule has 1 aromatic carbocycles. The second-order valence-electron chi connectivity index (χ2n) is 5.08. The van der Waals surface area contributed by atoms with Crippen molar-refractivity contribution in [2.45, 2.75) is 12.5 Å². The second-order valence-corrected chi connectivity index (χ2v) is 5.52. The van der Waals surface area contributed by atoms with E-state index in [1.54, 1.807) is 18.1 Å². The first-order valence-corrected chi connectivity index (χ1v) is 7.10. The molecular formula is C16H15ClN2O2. The number of hydrogen-bond acceptors (Lipinski definition) is 3. The maximum atomic E-state index is 12.6. The molecule has 0 N–H and O–H groups in total. The largest absolute Gasteiger partial charge is 0.476 e. The summed E-state index contributed by atoms with van der Waals surface area (Å²) < 4.78 is 5.47. The van der Waals surface area contributed by atoms with Gasteiger partial charge < -0.3 is 9.64 Å². The molecular weight excluding hydrogens is 288 g/mol. The van der Waals surface area contributed by atoms with Gasteiger partial charge in [-0.05, 0) is 23.8 Å². The van der Waals surface area contributed by atoms with Gasteiger partial charge >= 0.3 is 0 Å². The minimum absolute atomic E-state index is 0.0386. The third-order valence-corrected chi connectivity index (χ3v) is 3.82. The lowest BCUT2D eigenvalue weighted by atomic mass is 10.0. The van der Waals surface area contributed by atoms with Gasteiger partial charge in [0.15, 0.2) is 0 Å². The number of pyridine rings is 1. The van der Waals surface area contributed by atoms with Crippen molar-refractivity contribution in [2.24, 2.45) is 0 Å². The lowest BCUT2D eigenvalue weighted by molar-refractivity contribution is -0.132. The predicted molar refractivity (Wildman–Crippen MR) is 80.4 cm³/mol. The van der Waals surface area contributed by atoms with E-state index in [-0.39, 0.29) is 11.8 Å². The van der Waals surface area contributed by atoms with Crippen LogP contribution in [0, 0.1) is 0 Å². The third-order valence-electron chi connectivity index (χ3n) is 3.57. The van der Waals surface area contributed by atoms with Crippen molar-refractivity contribution in [1.82, 2.24) is 9.88 Å². The van der Waals surface area contributed by atoms with Crippen LogP contribution in [-0.4, -0.2) is 29.4 Å². The molecule has 21 heavy (non-hydrogen) atoms. The summed E-state index contributed by atoms with van der Waals surface area (Å²) >= 11 is 5.87. The smallest absolute Gasteiger partial charge is 0.233 e. The molecule has 0 spiro atoms. The van der Waals surface area contributed by atoms with Crippen LogP contribution in [0.2, 0.25) is 5.02 Å². The summed E-state index contributed by atoms with van der Waals surface area (Å²) in [5.74, 6) is 0.332. The van der Waals surface area contributed by atoms with Crippen LogP contribution in [0.15, 0.2) is 42.6 Å². The van der Waals surface area contributed by atoms with Crippen molar-refractivity contribution in [3.05, 3.63) is 58.7 Å². The zero-order chi connectivity index (χ0) is 14.8. The summed E-state index contributed by atoms with van der Waals surface area (Å²) in [7, 11) is 1.80. The fourth-order valence-electron chi connectivity index (χ4n) is 2.45. The number of likely N-dealkylation sites (N-methyl/N-ethyl adjacent to an activating group) is 1. The lowest BCUT2D eigenvalue weighted by Crippen LogP contribution is -2.32. The Morgan fingerprint density at radius 1 is 1.38 bits per heavy atom. The van der Waals surface area contributed by atoms with E-state index in [4.69, 9.17) is 16.3 Å². The maximum Gasteiger partial charge on any atom is 0.233 e. The van der Waals surface area contributed by atoms with E-state index >= 15 is 0 Å². The Morgan fingerprint density at radius 2 is 2.14 bits per heavy atom. The van der Waals surface area contributed by atoms with Crippen LogP contribution >= 0.6 is 11.6 Å². The number of amides is 1. The van der Waals surface area contributed by atoms with Crippen LogP contribution in [0.4, 0.5) is 0 Å². The molecule has 1 aromatic heterocycles. The van der Waals surface area contributed by atoms with Crippen LogP contribution in [0.25, 0.3) is 0 Å². The van der Waals surface area contributed by atoms with Gasteiger partial charge in [0.25, 0.3) is 0 Å². The van der Waals surface area contributed by atoms with E-state index in [9.17, 15) is 4.79 Å². The molecule has 1 atom stereocenters. The quantitative estimate of drug-likeness (QED) is 0.875. The normalized spacial score (nSPS) is 16.2. The van der Waals surface area contributed by atoms with E-state index < -0.39 is 0 Å². The minimum atomic E-state index is -0.272. The number of benzene rings is 1. The first-order valence-electron chi connectivity index (χ1n) is 6.72. The van der Waals surface area contributed by atoms with Gasteiger partial charge in [-0.15, -0.1) is 0 Å². The Balaban J connectivity index is 1.72. The number of rotatable bonds is 3. The molecule has 5 heteroatoms. The molecule has 1 aliphatic rings. The fourth-order valence-corrected chi connectivity index (χ4v) is 2.58. The number of carbonyl (C=O) groups is 1. The summed E-state index contributed by atoms with van der Waals surface area (Å²) in [5, 5.41) is 0.692. The summed E-state index contributed by atoms with van der Waals surface area (Å²) in [4.78, 5) is 18.4. The average Bonchev–Trinajstić information content (AvgIpc) is 2.92. The number of aromatic nitrogens is 1. The maximum absolute atomic E-state index is 12.6. The molecule has 0 fully saturated rings. The Morgan fingerprint density at radius 3 is 2.90 bits per heavy atom. The summed E-state index contributed by atoms with van der Waals surface area (Å²) in [6.07, 6.45) is 1.67. The molecule has 1 unspecified atom stereocenters. The number of carbonyl (C=O) groups excluding carboxylic acids is 1. The van der Waals surface area contributed by atoms with Crippen LogP contribution in [0.1, 0.15) is 17.0 Å². The standard InChI is InChI=1S/C16H15ClN2O2/c1-19(9-11-4-6-12(17)7-5-11)16(20)14-10-21-15-13(14)3-2-8-18-15/h2-8,14H,9-10H2,1H3. The van der Waals surface area contributed by atoms with Gasteiger partial charge in [0.1, 0.15) is 12.5 Å². The van der Waals surface area contributed by atoms with Crippen LogP contribution < -0.4 is 4.74 Å². The second kappa shape index (κ2) is 5.74. The fraction of sp³-hybridized carbons (Fsp3) is 0.250. The summed E-state index contributed by atoms with van der Waals surface area (Å²) in [5.41, 5.74) is 1.91. The van der Waals surface area contributed by atoms with Gasteiger partial charge in [0, 0.05) is 30.4 Å². The molecule has 4 nitrogen and oxygen atoms in total. The molecule has 1 amide bonds. The zero-order valence-corrected chi connectivity index (χ0v) is 12.4. The van der Waals surface area contributed by atoms with Gasteiger partial charge in [0.2, 0.25) is 11.8 Å². The van der Waals surface area contributed by atoms with Crippen molar-refractivity contribution in [1.29, 1.82) is 0 Å². The molecule has 2 heterocycles. The Labute approximate surface area is 128 Å². The highest BCUT2D eigenvalue weighted by Crippen LogP contribution is 2.32. The Hall–Kier alpha value is -2.07. The first kappa shape index (κ1) is 13.9. The highest BCUT2D eigenvalue weighted by atomic mass is 35.5. The molecule has 0 radical (unpaired) electrons. The first-order chi connectivity index (χ1) is 10.1. The zero-order valence-electron chi connectivity index (χ0n) is 11.6. The minimum Gasteiger partial charge on any atom is -0.476 e. The number of nitrogens with zero attached hydrogens (tertiary/aromatic N) is 2. The molecule has 0 saturated carbocycles.